The van der Waals surface area contributed by atoms with Crippen LogP contribution in [0.5, 0.6) is 0 Å². The van der Waals surface area contributed by atoms with E-state index in [2.05, 4.69) is 10.2 Å². The molecule has 0 radical (unpaired) electrons. The van der Waals surface area contributed by atoms with Crippen molar-refractivity contribution < 1.29 is 4.39 Å². The fourth-order valence-electron chi connectivity index (χ4n) is 2.35. The van der Waals surface area contributed by atoms with E-state index in [1.807, 2.05) is 30.3 Å². The zero-order valence-electron chi connectivity index (χ0n) is 11.8. The van der Waals surface area contributed by atoms with Crippen LogP contribution in [-0.2, 0) is 0 Å². The van der Waals surface area contributed by atoms with E-state index >= 15 is 0 Å². The standard InChI is InChI=1S/C17H10FN3OS/c18-13-8-6-11(7-9-13)10-14-16(22)21-15(19-20-17(21)23-14)12-4-2-1-3-5-12/h1-10H/b14-10+. The first kappa shape index (κ1) is 13.8. The Kier molecular flexibility index (Phi) is 3.24. The zero-order chi connectivity index (χ0) is 15.8. The Morgan fingerprint density at radius 3 is 2.48 bits per heavy atom. The third kappa shape index (κ3) is 2.43. The van der Waals surface area contributed by atoms with Gasteiger partial charge in [-0.3, -0.25) is 4.79 Å². The Hall–Kier alpha value is -2.86. The summed E-state index contributed by atoms with van der Waals surface area (Å²) >= 11 is 1.27. The zero-order valence-corrected chi connectivity index (χ0v) is 12.6. The Morgan fingerprint density at radius 1 is 1.00 bits per heavy atom. The molecule has 23 heavy (non-hydrogen) atoms. The fraction of sp³-hybridized carbons (Fsp3) is 0. The largest absolute Gasteiger partial charge is 0.276 e. The Labute approximate surface area is 134 Å². The minimum absolute atomic E-state index is 0.168. The summed E-state index contributed by atoms with van der Waals surface area (Å²) in [5, 5.41) is 8.19. The van der Waals surface area contributed by atoms with Crippen LogP contribution < -0.4 is 10.1 Å². The molecule has 4 rings (SSSR count). The van der Waals surface area contributed by atoms with E-state index in [1.165, 1.54) is 27.9 Å². The lowest BCUT2D eigenvalue weighted by atomic mass is 10.2. The van der Waals surface area contributed by atoms with E-state index in [4.69, 9.17) is 0 Å². The number of rotatable bonds is 2. The van der Waals surface area contributed by atoms with Crippen LogP contribution in [0.1, 0.15) is 5.56 Å². The Morgan fingerprint density at radius 2 is 1.74 bits per heavy atom. The van der Waals surface area contributed by atoms with Crippen molar-refractivity contribution in [3.05, 3.63) is 80.9 Å². The fourth-order valence-corrected chi connectivity index (χ4v) is 3.26. The lowest BCUT2D eigenvalue weighted by Gasteiger charge is -1.95. The predicted octanol–water partition coefficient (Wildman–Crippen LogP) is 2.50. The van der Waals surface area contributed by atoms with Crippen molar-refractivity contribution in [2.75, 3.05) is 0 Å². The highest BCUT2D eigenvalue weighted by Crippen LogP contribution is 2.17. The summed E-state index contributed by atoms with van der Waals surface area (Å²) in [6.07, 6.45) is 1.73. The van der Waals surface area contributed by atoms with Crippen molar-refractivity contribution in [2.24, 2.45) is 0 Å². The van der Waals surface area contributed by atoms with Gasteiger partial charge in [-0.15, -0.1) is 10.2 Å². The molecule has 4 aromatic rings. The first-order valence-corrected chi connectivity index (χ1v) is 7.75. The van der Waals surface area contributed by atoms with E-state index in [9.17, 15) is 9.18 Å². The van der Waals surface area contributed by atoms with Gasteiger partial charge in [0.05, 0.1) is 4.53 Å². The minimum Gasteiger partial charge on any atom is -0.267 e. The van der Waals surface area contributed by atoms with Crippen LogP contribution in [0.2, 0.25) is 0 Å². The van der Waals surface area contributed by atoms with Gasteiger partial charge in [0.25, 0.3) is 5.56 Å². The number of thiazole rings is 1. The molecule has 0 fully saturated rings. The summed E-state index contributed by atoms with van der Waals surface area (Å²) in [5.41, 5.74) is 1.43. The van der Waals surface area contributed by atoms with Gasteiger partial charge in [-0.25, -0.2) is 8.79 Å². The number of aromatic nitrogens is 3. The maximum absolute atomic E-state index is 13.0. The molecule has 112 valence electrons. The molecule has 0 N–H and O–H groups in total. The molecule has 0 unspecified atom stereocenters. The number of hydrogen-bond acceptors (Lipinski definition) is 4. The minimum atomic E-state index is -0.305. The summed E-state index contributed by atoms with van der Waals surface area (Å²) in [6.45, 7) is 0. The molecular weight excluding hydrogens is 313 g/mol. The van der Waals surface area contributed by atoms with Gasteiger partial charge in [0, 0.05) is 5.56 Å². The van der Waals surface area contributed by atoms with E-state index in [0.717, 1.165) is 11.1 Å². The van der Waals surface area contributed by atoms with Crippen molar-refractivity contribution in [1.29, 1.82) is 0 Å². The highest BCUT2D eigenvalue weighted by atomic mass is 32.1. The third-order valence-electron chi connectivity index (χ3n) is 3.45. The quantitative estimate of drug-likeness (QED) is 0.569. The molecule has 0 saturated carbocycles. The average molecular weight is 323 g/mol. The molecule has 0 bridgehead atoms. The highest BCUT2D eigenvalue weighted by Gasteiger charge is 2.13. The molecule has 2 aromatic carbocycles. The van der Waals surface area contributed by atoms with Crippen molar-refractivity contribution in [2.45, 2.75) is 0 Å². The average Bonchev–Trinajstić information content (AvgIpc) is 3.12. The number of fused-ring (bicyclic) bond motifs is 1. The first-order chi connectivity index (χ1) is 11.2. The summed E-state index contributed by atoms with van der Waals surface area (Å²) in [7, 11) is 0. The number of halogens is 1. The Bertz CT molecular complexity index is 1080. The van der Waals surface area contributed by atoms with Gasteiger partial charge in [-0.2, -0.15) is 0 Å². The van der Waals surface area contributed by atoms with E-state index in [-0.39, 0.29) is 11.4 Å². The molecule has 0 saturated heterocycles. The van der Waals surface area contributed by atoms with Crippen molar-refractivity contribution in [1.82, 2.24) is 14.6 Å². The second-order valence-corrected chi connectivity index (χ2v) is 5.98. The predicted molar refractivity (Wildman–Crippen MR) is 87.8 cm³/mol. The van der Waals surface area contributed by atoms with Gasteiger partial charge in [0.1, 0.15) is 5.82 Å². The second kappa shape index (κ2) is 5.40. The highest BCUT2D eigenvalue weighted by molar-refractivity contribution is 7.15. The monoisotopic (exact) mass is 323 g/mol. The van der Waals surface area contributed by atoms with Crippen molar-refractivity contribution in [3.63, 3.8) is 0 Å². The van der Waals surface area contributed by atoms with Crippen LogP contribution in [0.15, 0.2) is 59.4 Å². The third-order valence-corrected chi connectivity index (χ3v) is 4.41. The van der Waals surface area contributed by atoms with Crippen molar-refractivity contribution in [3.8, 4) is 11.4 Å². The van der Waals surface area contributed by atoms with Gasteiger partial charge >= 0.3 is 0 Å². The lowest BCUT2D eigenvalue weighted by Crippen LogP contribution is -2.23. The lowest BCUT2D eigenvalue weighted by molar-refractivity contribution is 0.628. The summed E-state index contributed by atoms with van der Waals surface area (Å²) < 4.78 is 15.0. The van der Waals surface area contributed by atoms with Gasteiger partial charge in [0.2, 0.25) is 4.96 Å². The van der Waals surface area contributed by atoms with E-state index < -0.39 is 0 Å². The van der Waals surface area contributed by atoms with E-state index in [1.54, 1.807) is 18.2 Å². The van der Waals surface area contributed by atoms with Crippen LogP contribution in [0.4, 0.5) is 4.39 Å². The number of nitrogens with zero attached hydrogens (tertiary/aromatic N) is 3. The Balaban J connectivity index is 1.91. The van der Waals surface area contributed by atoms with Crippen LogP contribution in [-0.4, -0.2) is 14.6 Å². The summed E-state index contributed by atoms with van der Waals surface area (Å²) in [5.74, 6) is 0.224. The van der Waals surface area contributed by atoms with E-state index in [0.29, 0.717) is 15.3 Å². The first-order valence-electron chi connectivity index (χ1n) is 6.93. The molecule has 4 nitrogen and oxygen atoms in total. The van der Waals surface area contributed by atoms with Gasteiger partial charge in [-0.05, 0) is 23.8 Å². The van der Waals surface area contributed by atoms with Crippen LogP contribution >= 0.6 is 11.3 Å². The van der Waals surface area contributed by atoms with Crippen LogP contribution in [0.25, 0.3) is 22.4 Å². The van der Waals surface area contributed by atoms with Crippen molar-refractivity contribution >= 4 is 22.4 Å². The number of hydrogen-bond donors (Lipinski definition) is 0. The summed E-state index contributed by atoms with van der Waals surface area (Å²) in [6, 6.07) is 15.5. The van der Waals surface area contributed by atoms with Crippen LogP contribution in [0, 0.1) is 5.82 Å². The maximum Gasteiger partial charge on any atom is 0.276 e. The molecule has 2 heterocycles. The molecule has 6 heteroatoms. The molecule has 0 spiro atoms. The molecular formula is C17H10FN3OS. The molecule has 0 amide bonds. The molecule has 0 aliphatic rings. The number of benzene rings is 2. The second-order valence-electron chi connectivity index (χ2n) is 4.97. The molecule has 0 aliphatic carbocycles. The SMILES string of the molecule is O=c1/c(=C\c2ccc(F)cc2)sc2nnc(-c3ccccc3)n12. The topological polar surface area (TPSA) is 47.3 Å². The van der Waals surface area contributed by atoms with Gasteiger partial charge in [-0.1, -0.05) is 53.8 Å². The maximum atomic E-state index is 13.0. The van der Waals surface area contributed by atoms with Crippen LogP contribution in [0.3, 0.4) is 0 Å². The molecule has 0 atom stereocenters. The summed E-state index contributed by atoms with van der Waals surface area (Å²) in [4.78, 5) is 13.2. The van der Waals surface area contributed by atoms with Gasteiger partial charge in [0.15, 0.2) is 5.82 Å². The normalized spacial score (nSPS) is 12.1. The molecule has 2 aromatic heterocycles. The van der Waals surface area contributed by atoms with Gasteiger partial charge < -0.3 is 0 Å². The smallest absolute Gasteiger partial charge is 0.267 e. The molecule has 0 aliphatic heterocycles.